The molecule has 148 heavy (non-hydrogen) atoms. The number of ether oxygens (including phenoxy) is 17. The predicted octanol–water partition coefficient (Wildman–Crippen LogP) is 21.7. The minimum absolute atomic E-state index is 0.0668. The molecule has 7 fully saturated rings. The van der Waals surface area contributed by atoms with E-state index in [0.29, 0.717) is 165 Å². The van der Waals surface area contributed by atoms with Crippen LogP contribution in [0.5, 0.6) is 35.7 Å². The standard InChI is InChI=1S/C37H53ClFN3O7Si2.C33H46BrClFN3O6Si2.C25H25ClFN3O6.C10H19BO3/c1-37(2,3)51(8,9)49-30-21-46-32-29(20-45-33(30)32)48-36-40-27-19-25(38)35(41-34(27)42(36)22-44-15-16-50(5,6)7)47-28-13-12-24-17-23(11-10-14-43-4)18-26(39)31(24)28;1-33(2,3)47(7,8)45-26-17-42-28-25(16-41-29(26)28)44-32-37-23-15-21(35)31(38-30(23)39(32)18-40-11-12-46(4,5)6)43-24-10-9-19-13-20(34)14-22(36)27(19)24;1-32-6-2-3-12-7-13-4-5-18(20(13)15(27)8-12)35-24-14(26)9-16-23(29-24)30-25(28-16)36-19-11-34-21-17(31)10-33-22(19)21;1-9(2)10(3,4)14-11(13-9)7-6-8-12-5/h10-11,17-19,28-30,32-33H,12-16,20-22H2,1-9H3;13-15,24-26,28-29H,9-12,16-18H2,1-8H3;2-3,7-9,17-19,21-22,31H,4-6,10-11H2,1H3,(H,28,29,30);6-7H,8H2,1-5H3/b11-10+;;3-2+;7-6+/t28?,29-,30-,32-,33-;24?,25-,26-,28-,29-;17-,18?,19-,21-,22-;/m111./s1. The van der Waals surface area contributed by atoms with Crippen molar-refractivity contribution in [2.24, 2.45) is 0 Å². The second-order valence-electron chi connectivity index (χ2n) is 45.7. The van der Waals surface area contributed by atoms with Gasteiger partial charge >= 0.3 is 19.1 Å². The van der Waals surface area contributed by atoms with E-state index in [1.807, 2.05) is 82.2 Å². The maximum Gasteiger partial charge on any atom is 0.486 e. The molecule has 7 aliphatic heterocycles. The SMILES string of the molecule is CC(C)(C)[Si](C)(C)O[C@@H]1CO[C@H]2[C@@H]1OC[C@H]2Oc1nc2cc(Cl)c(OC3CCc4cc(Br)cc(F)c43)nc2n1COCC[Si](C)(C)C.COC/C=C/B1OC(C)(C)C(C)(C)O1.COC/C=C/c1cc(F)c2c(c1)CCC2Oc1nc2c(cc1Cl)nc(O[C@@H]1CO[C@H]3[C@@H]1OC[C@H]3O[Si](C)(C)C(C)(C)C)n2COCC[Si](C)(C)C.COC/C=C/c1cc(F)c2c(c1)CCC2Oc1nc2nc(O[C@@H]3CO[C@H]4[C@@H]3OC[C@H]4O)[nH]c2cc1Cl. The number of hydrogen-bond donors (Lipinski definition) is 2. The van der Waals surface area contributed by atoms with Crippen molar-refractivity contribution >= 4 is 136 Å². The molecule has 9 aromatic rings. The van der Waals surface area contributed by atoms with E-state index in [4.69, 9.17) is 153 Å². The van der Waals surface area contributed by atoms with Crippen LogP contribution in [-0.4, -0.2) is 267 Å². The van der Waals surface area contributed by atoms with Gasteiger partial charge in [0, 0.05) is 71.9 Å². The number of halogens is 7. The van der Waals surface area contributed by atoms with Crippen LogP contribution >= 0.6 is 50.7 Å². The lowest BCUT2D eigenvalue weighted by atomic mass is 9.90. The first-order valence-corrected chi connectivity index (χ1v) is 66.1. The largest absolute Gasteiger partial charge is 0.486 e. The van der Waals surface area contributed by atoms with Gasteiger partial charge in [-0.25, -0.2) is 13.2 Å². The second kappa shape index (κ2) is 46.9. The molecule has 0 radical (unpaired) electrons. The monoisotopic (exact) mass is 2250 g/mol. The number of nitrogens with zero attached hydrogens (tertiary/aromatic N) is 8. The van der Waals surface area contributed by atoms with E-state index in [-0.39, 0.29) is 154 Å². The highest BCUT2D eigenvalue weighted by Crippen LogP contribution is 2.49. The number of rotatable bonds is 35. The molecule has 0 spiro atoms. The minimum Gasteiger partial charge on any atom is -0.468 e. The number of aliphatic hydroxyl groups excluding tert-OH is 1. The Bertz CT molecular complexity index is 6250. The Morgan fingerprint density at radius 2 is 0.851 bits per heavy atom. The van der Waals surface area contributed by atoms with Gasteiger partial charge in [-0.1, -0.05) is 180 Å². The molecule has 19 rings (SSSR count). The van der Waals surface area contributed by atoms with Gasteiger partial charge in [-0.05, 0) is 185 Å². The molecule has 7 saturated heterocycles. The van der Waals surface area contributed by atoms with Crippen molar-refractivity contribution in [2.75, 3.05) is 94.0 Å². The molecule has 0 saturated carbocycles. The molecule has 3 aliphatic carbocycles. The molecule has 31 nitrogen and oxygen atoms in total. The van der Waals surface area contributed by atoms with Crippen LogP contribution in [0, 0.1) is 17.5 Å². The van der Waals surface area contributed by atoms with Crippen LogP contribution in [0.2, 0.25) is 103 Å². The molecule has 15 atom stereocenters. The van der Waals surface area contributed by atoms with E-state index in [2.05, 4.69) is 138 Å². The smallest absolute Gasteiger partial charge is 0.468 e. The zero-order valence-electron chi connectivity index (χ0n) is 89.0. The molecule has 43 heteroatoms. The normalized spacial score (nSPS) is 25.0. The number of methoxy groups -OCH3 is 3. The number of H-pyrrole nitrogens is 1. The van der Waals surface area contributed by atoms with Crippen molar-refractivity contribution in [1.82, 2.24) is 44.0 Å². The minimum atomic E-state index is -2.04. The Kier molecular flexibility index (Phi) is 36.0. The van der Waals surface area contributed by atoms with Gasteiger partial charge in [-0.3, -0.25) is 9.13 Å². The summed E-state index contributed by atoms with van der Waals surface area (Å²) in [4.78, 5) is 31.1. The van der Waals surface area contributed by atoms with Crippen LogP contribution in [0.3, 0.4) is 0 Å². The summed E-state index contributed by atoms with van der Waals surface area (Å²) in [5.74, 6) is 1.53. The molecule has 3 unspecified atom stereocenters. The third-order valence-corrected chi connectivity index (χ3v) is 43.3. The lowest BCUT2D eigenvalue weighted by Gasteiger charge is -2.39. The van der Waals surface area contributed by atoms with Crippen molar-refractivity contribution < 1.29 is 117 Å². The molecule has 0 amide bonds. The van der Waals surface area contributed by atoms with Crippen molar-refractivity contribution in [3.63, 3.8) is 0 Å². The maximum absolute atomic E-state index is 15.5. The number of benzene rings is 3. The summed E-state index contributed by atoms with van der Waals surface area (Å²) < 4.78 is 176. The van der Waals surface area contributed by atoms with Crippen LogP contribution in [0.25, 0.3) is 45.6 Å². The number of hydrogen-bond acceptors (Lipinski definition) is 28. The van der Waals surface area contributed by atoms with Crippen LogP contribution in [0.4, 0.5) is 13.2 Å². The number of nitrogens with one attached hydrogen (secondary N) is 1. The Hall–Kier alpha value is -7.03. The zero-order chi connectivity index (χ0) is 106. The summed E-state index contributed by atoms with van der Waals surface area (Å²) in [5.41, 5.74) is 8.37. The molecule has 3 aromatic carbocycles. The van der Waals surface area contributed by atoms with Crippen molar-refractivity contribution in [3.8, 4) is 35.7 Å². The van der Waals surface area contributed by atoms with Crippen molar-refractivity contribution in [3.05, 3.63) is 160 Å². The fourth-order valence-electron chi connectivity index (χ4n) is 18.7. The number of pyridine rings is 3. The van der Waals surface area contributed by atoms with E-state index in [1.165, 1.54) is 18.2 Å². The average Bonchev–Trinajstić information content (AvgIpc) is 1.59. The van der Waals surface area contributed by atoms with Crippen LogP contribution in [-0.2, 0) is 103 Å². The molecular formula is C105H143BBrCl3F3N9O22Si4. The lowest BCUT2D eigenvalue weighted by Crippen LogP contribution is -2.47. The fourth-order valence-corrected chi connectivity index (χ4v) is 23.9. The maximum atomic E-state index is 15.5. The average molecular weight is 2250 g/mol. The Balaban J connectivity index is 0.000000150. The third kappa shape index (κ3) is 26.5. The van der Waals surface area contributed by atoms with Crippen LogP contribution < -0.4 is 28.4 Å². The summed E-state index contributed by atoms with van der Waals surface area (Å²) in [6, 6.07) is 18.4. The number of fused-ring (bicyclic) bond motifs is 9. The second-order valence-corrected chi connectivity index (χ2v) is 68.6. The van der Waals surface area contributed by atoms with Gasteiger partial charge < -0.3 is 109 Å². The summed E-state index contributed by atoms with van der Waals surface area (Å²) in [7, 11) is -2.06. The number of aromatic nitrogens is 9. The number of aryl methyl sites for hydroxylation is 3. The number of imidazole rings is 3. The Labute approximate surface area is 892 Å². The highest BCUT2D eigenvalue weighted by molar-refractivity contribution is 9.10. The first-order chi connectivity index (χ1) is 69.9. The summed E-state index contributed by atoms with van der Waals surface area (Å²) in [6.45, 7) is 49.5. The highest BCUT2D eigenvalue weighted by Gasteiger charge is 2.56. The predicted molar refractivity (Wildman–Crippen MR) is 575 cm³/mol. The third-order valence-electron chi connectivity index (χ3n) is 29.6. The molecule has 10 aliphatic rings. The fraction of sp³-hybridized carbons (Fsp3) is 0.600. The molecular weight excluding hydrogens is 2110 g/mol. The van der Waals surface area contributed by atoms with E-state index >= 15 is 8.78 Å². The van der Waals surface area contributed by atoms with Gasteiger partial charge in [0.2, 0.25) is 17.6 Å². The lowest BCUT2D eigenvalue weighted by molar-refractivity contribution is 0.00578. The number of aromatic amines is 1. The van der Waals surface area contributed by atoms with Gasteiger partial charge in [-0.2, -0.15) is 29.9 Å². The highest BCUT2D eigenvalue weighted by atomic mass is 79.9. The summed E-state index contributed by atoms with van der Waals surface area (Å²) in [6.07, 6.45) is 7.67. The van der Waals surface area contributed by atoms with Gasteiger partial charge in [-0.15, -0.1) is 0 Å². The summed E-state index contributed by atoms with van der Waals surface area (Å²) >= 11 is 23.3. The van der Waals surface area contributed by atoms with Crippen LogP contribution in [0.15, 0.2) is 83.3 Å². The first-order valence-electron chi connectivity index (χ1n) is 51.0. The van der Waals surface area contributed by atoms with E-state index in [0.717, 1.165) is 39.9 Å². The van der Waals surface area contributed by atoms with Gasteiger partial charge in [0.1, 0.15) is 118 Å². The zero-order valence-corrected chi connectivity index (χ0v) is 96.8. The number of aliphatic hydroxyl groups is 1. The molecule has 2 N–H and O–H groups in total. The van der Waals surface area contributed by atoms with Gasteiger partial charge in [0.05, 0.1) is 88.4 Å². The quantitative estimate of drug-likeness (QED) is 0.0275. The molecule has 808 valence electrons. The Morgan fingerprint density at radius 1 is 0.473 bits per heavy atom. The van der Waals surface area contributed by atoms with E-state index in [9.17, 15) is 9.50 Å². The molecule has 0 bridgehead atoms. The Morgan fingerprint density at radius 3 is 1.28 bits per heavy atom. The molecule has 6 aromatic heterocycles. The first kappa shape index (κ1) is 114. The van der Waals surface area contributed by atoms with Gasteiger partial charge in [0.25, 0.3) is 6.01 Å². The molecule has 13 heterocycles. The topological polar surface area (TPSA) is 317 Å². The van der Waals surface area contributed by atoms with Gasteiger partial charge in [0.15, 0.2) is 51.9 Å². The van der Waals surface area contributed by atoms with Crippen molar-refractivity contribution in [2.45, 2.75) is 312 Å². The summed E-state index contributed by atoms with van der Waals surface area (Å²) in [5, 5.41) is 10.9. The van der Waals surface area contributed by atoms with Crippen molar-refractivity contribution in [1.29, 1.82) is 0 Å². The van der Waals surface area contributed by atoms with E-state index < -0.39 is 81.6 Å². The van der Waals surface area contributed by atoms with Crippen LogP contribution in [0.1, 0.15) is 151 Å². The van der Waals surface area contributed by atoms with E-state index in [1.54, 1.807) is 48.7 Å².